The van der Waals surface area contributed by atoms with E-state index < -0.39 is 17.3 Å². The largest absolute Gasteiger partial charge is 0.507 e. The minimum Gasteiger partial charge on any atom is -0.507 e. The van der Waals surface area contributed by atoms with Crippen LogP contribution >= 0.6 is 0 Å². The van der Waals surface area contributed by atoms with Crippen molar-refractivity contribution < 1.29 is 24.2 Å². The van der Waals surface area contributed by atoms with Crippen molar-refractivity contribution in [3.63, 3.8) is 0 Å². The molecule has 0 spiro atoms. The van der Waals surface area contributed by atoms with E-state index >= 15 is 0 Å². The quantitative estimate of drug-likeness (QED) is 0.465. The number of rotatable bonds is 5. The first-order chi connectivity index (χ1) is 14.6. The van der Waals surface area contributed by atoms with Gasteiger partial charge in [-0.05, 0) is 25.8 Å². The lowest BCUT2D eigenvalue weighted by molar-refractivity contribution is -0.0225. The van der Waals surface area contributed by atoms with Crippen LogP contribution in [0.2, 0.25) is 0 Å². The van der Waals surface area contributed by atoms with E-state index in [1.165, 1.54) is 6.07 Å². The van der Waals surface area contributed by atoms with Gasteiger partial charge in [0.2, 0.25) is 0 Å². The smallest absolute Gasteiger partial charge is 0.336 e. The first kappa shape index (κ1) is 21.1. The summed E-state index contributed by atoms with van der Waals surface area (Å²) in [4.78, 5) is 25.7. The molecule has 0 aliphatic carbocycles. The van der Waals surface area contributed by atoms with Crippen LogP contribution in [-0.4, -0.2) is 27.7 Å². The standard InChI is InChI=1S/C25H26O6/c1-5-13(2)21(27)20-22(28)16-11-17(25(3,4)29)30-23(16)19-15(12-18(26)31-24(19)20)14-9-7-6-8-10-14/h6-10,12-13,17,28-29H,5,11H2,1-4H3/t13-,17-/m0/s1. The number of carbonyl (C=O) groups excluding carboxylic acids is 1. The van der Waals surface area contributed by atoms with Gasteiger partial charge in [0.05, 0.1) is 11.0 Å². The van der Waals surface area contributed by atoms with Crippen molar-refractivity contribution in [1.82, 2.24) is 0 Å². The van der Waals surface area contributed by atoms with Crippen molar-refractivity contribution in [1.29, 1.82) is 0 Å². The van der Waals surface area contributed by atoms with Crippen LogP contribution in [0.3, 0.4) is 0 Å². The number of fused-ring (bicyclic) bond motifs is 3. The maximum atomic E-state index is 13.2. The third-order valence-corrected chi connectivity index (χ3v) is 6.04. The molecule has 2 aromatic carbocycles. The topological polar surface area (TPSA) is 97.0 Å². The van der Waals surface area contributed by atoms with Crippen molar-refractivity contribution in [3.05, 3.63) is 57.9 Å². The van der Waals surface area contributed by atoms with Gasteiger partial charge in [0, 0.05) is 29.5 Å². The van der Waals surface area contributed by atoms with Gasteiger partial charge >= 0.3 is 5.63 Å². The van der Waals surface area contributed by atoms with Gasteiger partial charge in [0.15, 0.2) is 11.4 Å². The Morgan fingerprint density at radius 2 is 1.94 bits per heavy atom. The number of aliphatic hydroxyl groups is 1. The van der Waals surface area contributed by atoms with Gasteiger partial charge in [-0.2, -0.15) is 0 Å². The van der Waals surface area contributed by atoms with E-state index in [0.29, 0.717) is 28.7 Å². The normalized spacial score (nSPS) is 16.7. The second-order valence-electron chi connectivity index (χ2n) is 8.72. The summed E-state index contributed by atoms with van der Waals surface area (Å²) < 4.78 is 11.6. The Labute approximate surface area is 180 Å². The molecule has 0 amide bonds. The van der Waals surface area contributed by atoms with Gasteiger partial charge in [-0.25, -0.2) is 4.79 Å². The molecular formula is C25H26O6. The summed E-state index contributed by atoms with van der Waals surface area (Å²) in [6.07, 6.45) is 0.179. The van der Waals surface area contributed by atoms with Crippen molar-refractivity contribution in [3.8, 4) is 22.6 Å². The molecule has 4 rings (SSSR count). The molecule has 0 saturated carbocycles. The highest BCUT2D eigenvalue weighted by molar-refractivity contribution is 6.14. The summed E-state index contributed by atoms with van der Waals surface area (Å²) in [5.41, 5.74) is -0.0370. The lowest BCUT2D eigenvalue weighted by Crippen LogP contribution is -2.39. The number of hydrogen-bond donors (Lipinski definition) is 2. The van der Waals surface area contributed by atoms with Crippen LogP contribution in [0.5, 0.6) is 11.5 Å². The Kier molecular flexibility index (Phi) is 5.13. The van der Waals surface area contributed by atoms with E-state index in [-0.39, 0.29) is 35.0 Å². The molecule has 0 fully saturated rings. The van der Waals surface area contributed by atoms with Crippen LogP contribution in [0.1, 0.15) is 50.0 Å². The van der Waals surface area contributed by atoms with E-state index in [9.17, 15) is 19.8 Å². The molecule has 6 heteroatoms. The highest BCUT2D eigenvalue weighted by Crippen LogP contribution is 2.49. The average molecular weight is 422 g/mol. The maximum absolute atomic E-state index is 13.2. The average Bonchev–Trinajstić information content (AvgIpc) is 3.19. The number of ketones is 1. The monoisotopic (exact) mass is 422 g/mol. The Hall–Kier alpha value is -3.12. The predicted molar refractivity (Wildman–Crippen MR) is 118 cm³/mol. The number of Topliss-reactive ketones (excluding diaryl/α,β-unsaturated/α-hetero) is 1. The number of phenols is 1. The summed E-state index contributed by atoms with van der Waals surface area (Å²) in [6, 6.07) is 10.6. The molecular weight excluding hydrogens is 396 g/mol. The van der Waals surface area contributed by atoms with Crippen LogP contribution in [0.25, 0.3) is 22.1 Å². The summed E-state index contributed by atoms with van der Waals surface area (Å²) in [5, 5.41) is 22.1. The Bertz CT molecular complexity index is 1220. The van der Waals surface area contributed by atoms with E-state index in [0.717, 1.165) is 5.56 Å². The number of carbonyl (C=O) groups is 1. The number of phenolic OH excluding ortho intramolecular Hbond substituents is 1. The van der Waals surface area contributed by atoms with Gasteiger partial charge in [-0.1, -0.05) is 44.2 Å². The highest BCUT2D eigenvalue weighted by Gasteiger charge is 2.40. The Morgan fingerprint density at radius 1 is 1.26 bits per heavy atom. The van der Waals surface area contributed by atoms with Gasteiger partial charge in [-0.15, -0.1) is 0 Å². The summed E-state index contributed by atoms with van der Waals surface area (Å²) in [6.45, 7) is 6.92. The molecule has 1 aliphatic heterocycles. The lowest BCUT2D eigenvalue weighted by atomic mass is 9.89. The molecule has 0 bridgehead atoms. The second kappa shape index (κ2) is 7.54. The zero-order valence-electron chi connectivity index (χ0n) is 18.1. The molecule has 0 radical (unpaired) electrons. The molecule has 6 nitrogen and oxygen atoms in total. The molecule has 2 N–H and O–H groups in total. The summed E-state index contributed by atoms with van der Waals surface area (Å²) >= 11 is 0. The zero-order chi connectivity index (χ0) is 22.5. The molecule has 0 unspecified atom stereocenters. The fourth-order valence-corrected chi connectivity index (χ4v) is 4.00. The number of hydrogen-bond acceptors (Lipinski definition) is 6. The fourth-order valence-electron chi connectivity index (χ4n) is 4.00. The minimum atomic E-state index is -1.18. The first-order valence-corrected chi connectivity index (χ1v) is 10.5. The van der Waals surface area contributed by atoms with Gasteiger partial charge in [0.25, 0.3) is 0 Å². The molecule has 162 valence electrons. The second-order valence-corrected chi connectivity index (χ2v) is 8.72. The molecule has 2 atom stereocenters. The van der Waals surface area contributed by atoms with Gasteiger partial charge < -0.3 is 19.4 Å². The third kappa shape index (κ3) is 3.51. The maximum Gasteiger partial charge on any atom is 0.336 e. The van der Waals surface area contributed by atoms with Crippen molar-refractivity contribution in [2.75, 3.05) is 0 Å². The van der Waals surface area contributed by atoms with Crippen molar-refractivity contribution in [2.45, 2.75) is 52.2 Å². The predicted octanol–water partition coefficient (Wildman–Crippen LogP) is 4.47. The van der Waals surface area contributed by atoms with E-state index in [1.54, 1.807) is 20.8 Å². The van der Waals surface area contributed by atoms with Crippen molar-refractivity contribution >= 4 is 16.8 Å². The third-order valence-electron chi connectivity index (χ3n) is 6.04. The zero-order valence-corrected chi connectivity index (χ0v) is 18.1. The highest BCUT2D eigenvalue weighted by atomic mass is 16.5. The molecule has 1 aliphatic rings. The van der Waals surface area contributed by atoms with Crippen molar-refractivity contribution in [2.24, 2.45) is 5.92 Å². The summed E-state index contributed by atoms with van der Waals surface area (Å²) in [7, 11) is 0. The number of aromatic hydroxyl groups is 1. The lowest BCUT2D eigenvalue weighted by Gasteiger charge is -2.24. The molecule has 2 heterocycles. The van der Waals surface area contributed by atoms with Gasteiger partial charge in [0.1, 0.15) is 23.2 Å². The summed E-state index contributed by atoms with van der Waals surface area (Å²) in [5.74, 6) is -0.575. The SMILES string of the molecule is CC[C@H](C)C(=O)c1c(O)c2c(c3c(-c4ccccc4)cc(=O)oc13)O[C@H](C(C)(C)O)C2. The number of benzene rings is 2. The molecule has 3 aromatic rings. The molecule has 31 heavy (non-hydrogen) atoms. The fraction of sp³-hybridized carbons (Fsp3) is 0.360. The minimum absolute atomic E-state index is 0.00187. The Morgan fingerprint density at radius 3 is 2.55 bits per heavy atom. The Balaban J connectivity index is 2.13. The van der Waals surface area contributed by atoms with E-state index in [2.05, 4.69) is 0 Å². The van der Waals surface area contributed by atoms with E-state index in [1.807, 2.05) is 37.3 Å². The first-order valence-electron chi connectivity index (χ1n) is 10.5. The molecule has 0 saturated heterocycles. The molecule has 1 aromatic heterocycles. The number of ether oxygens (including phenoxy) is 1. The van der Waals surface area contributed by atoms with Crippen LogP contribution < -0.4 is 10.4 Å². The van der Waals surface area contributed by atoms with Crippen LogP contribution in [0.15, 0.2) is 45.6 Å². The van der Waals surface area contributed by atoms with Crippen LogP contribution in [-0.2, 0) is 6.42 Å². The van der Waals surface area contributed by atoms with Crippen LogP contribution in [0, 0.1) is 5.92 Å². The van der Waals surface area contributed by atoms with E-state index in [4.69, 9.17) is 9.15 Å². The van der Waals surface area contributed by atoms with Gasteiger partial charge in [-0.3, -0.25) is 4.79 Å². The van der Waals surface area contributed by atoms with Crippen LogP contribution in [0.4, 0.5) is 0 Å².